The Hall–Kier alpha value is -1.59. The molecule has 5 heteroatoms. The van der Waals surface area contributed by atoms with Crippen molar-refractivity contribution in [2.45, 2.75) is 0 Å². The number of fused-ring (bicyclic) bond motifs is 1. The van der Waals surface area contributed by atoms with E-state index in [-0.39, 0.29) is 0 Å². The first-order valence-electron chi connectivity index (χ1n) is 3.68. The van der Waals surface area contributed by atoms with Gasteiger partial charge in [0.15, 0.2) is 11.3 Å². The van der Waals surface area contributed by atoms with Gasteiger partial charge in [0.05, 0.1) is 12.4 Å². The van der Waals surface area contributed by atoms with Crippen molar-refractivity contribution in [2.75, 3.05) is 0 Å². The van der Waals surface area contributed by atoms with E-state index in [0.717, 1.165) is 11.7 Å². The van der Waals surface area contributed by atoms with Gasteiger partial charge in [-0.05, 0) is 6.07 Å². The standard InChI is InChI=1S/C8H6FN3O/c9-6-1-5-2-7(12-13)4-11-8(5)10-3-6/h1-4,12-13H/p+1. The molecule has 0 unspecified atom stereocenters. The van der Waals surface area contributed by atoms with Crippen molar-refractivity contribution < 1.29 is 15.1 Å². The number of nitrogens with two attached hydrogens (primary N) is 1. The predicted molar refractivity (Wildman–Crippen MR) is 42.9 cm³/mol. The predicted octanol–water partition coefficient (Wildman–Crippen LogP) is 0.353. The molecule has 0 saturated heterocycles. The summed E-state index contributed by atoms with van der Waals surface area (Å²) in [6, 6.07) is 2.93. The highest BCUT2D eigenvalue weighted by Crippen LogP contribution is 2.12. The largest absolute Gasteiger partial charge is 0.234 e. The molecule has 0 radical (unpaired) electrons. The number of hydrogen-bond acceptors (Lipinski definition) is 3. The van der Waals surface area contributed by atoms with Gasteiger partial charge in [0, 0.05) is 11.5 Å². The van der Waals surface area contributed by atoms with Crippen molar-refractivity contribution in [3.8, 4) is 0 Å². The van der Waals surface area contributed by atoms with Crippen LogP contribution in [0.2, 0.25) is 0 Å². The molecule has 0 fully saturated rings. The topological polar surface area (TPSA) is 62.6 Å². The van der Waals surface area contributed by atoms with Gasteiger partial charge in [0.25, 0.3) is 0 Å². The number of hydrogen-bond donors (Lipinski definition) is 2. The third-order valence-electron chi connectivity index (χ3n) is 1.67. The average molecular weight is 180 g/mol. The fraction of sp³-hybridized carbons (Fsp3) is 0. The molecule has 0 amide bonds. The van der Waals surface area contributed by atoms with Crippen LogP contribution in [0.3, 0.4) is 0 Å². The monoisotopic (exact) mass is 180 g/mol. The maximum atomic E-state index is 12.7. The molecule has 66 valence electrons. The minimum absolute atomic E-state index is 0.413. The maximum absolute atomic E-state index is 12.7. The van der Waals surface area contributed by atoms with E-state index in [2.05, 4.69) is 9.97 Å². The third-order valence-corrected chi connectivity index (χ3v) is 1.67. The third kappa shape index (κ3) is 1.47. The molecular weight excluding hydrogens is 173 g/mol. The molecule has 2 aromatic heterocycles. The van der Waals surface area contributed by atoms with Crippen LogP contribution in [0.15, 0.2) is 24.5 Å². The molecule has 13 heavy (non-hydrogen) atoms. The van der Waals surface area contributed by atoms with Gasteiger partial charge in [0.2, 0.25) is 0 Å². The van der Waals surface area contributed by atoms with Gasteiger partial charge >= 0.3 is 0 Å². The highest BCUT2D eigenvalue weighted by atomic mass is 19.1. The lowest BCUT2D eigenvalue weighted by Gasteiger charge is -1.96. The smallest absolute Gasteiger partial charge is 0.181 e. The maximum Gasteiger partial charge on any atom is 0.181 e. The Morgan fingerprint density at radius 1 is 1.23 bits per heavy atom. The number of aromatic nitrogens is 2. The average Bonchev–Trinajstić information content (AvgIpc) is 2.16. The minimum atomic E-state index is -0.413. The summed E-state index contributed by atoms with van der Waals surface area (Å²) in [7, 11) is 0. The molecule has 0 spiro atoms. The van der Waals surface area contributed by atoms with E-state index in [1.807, 2.05) is 0 Å². The van der Waals surface area contributed by atoms with Crippen molar-refractivity contribution in [1.29, 1.82) is 0 Å². The Kier molecular flexibility index (Phi) is 1.88. The van der Waals surface area contributed by atoms with Crippen molar-refractivity contribution in [2.24, 2.45) is 0 Å². The second kappa shape index (κ2) is 3.04. The molecule has 2 aromatic rings. The zero-order valence-electron chi connectivity index (χ0n) is 6.61. The van der Waals surface area contributed by atoms with Crippen LogP contribution in [0, 0.1) is 5.82 Å². The molecule has 0 aromatic carbocycles. The van der Waals surface area contributed by atoms with Crippen LogP contribution in [0.5, 0.6) is 0 Å². The summed E-state index contributed by atoms with van der Waals surface area (Å²) in [6.45, 7) is 0. The lowest BCUT2D eigenvalue weighted by atomic mass is 10.3. The quantitative estimate of drug-likeness (QED) is 0.622. The highest BCUT2D eigenvalue weighted by Gasteiger charge is 2.01. The van der Waals surface area contributed by atoms with E-state index < -0.39 is 5.82 Å². The summed E-state index contributed by atoms with van der Waals surface area (Å²) in [5.41, 5.74) is 1.91. The second-order valence-electron chi connectivity index (χ2n) is 2.60. The Morgan fingerprint density at radius 2 is 2.00 bits per heavy atom. The van der Waals surface area contributed by atoms with Gasteiger partial charge in [0.1, 0.15) is 5.82 Å². The highest BCUT2D eigenvalue weighted by molar-refractivity contribution is 5.76. The van der Waals surface area contributed by atoms with Crippen LogP contribution in [-0.4, -0.2) is 15.2 Å². The van der Waals surface area contributed by atoms with Gasteiger partial charge in [-0.3, -0.25) is 0 Å². The summed E-state index contributed by atoms with van der Waals surface area (Å²) >= 11 is 0. The van der Waals surface area contributed by atoms with Crippen molar-refractivity contribution in [3.05, 3.63) is 30.3 Å². The Labute approximate surface area is 73.0 Å². The van der Waals surface area contributed by atoms with Crippen molar-refractivity contribution in [3.63, 3.8) is 0 Å². The first kappa shape index (κ1) is 8.03. The zero-order valence-corrected chi connectivity index (χ0v) is 6.61. The van der Waals surface area contributed by atoms with Crippen LogP contribution < -0.4 is 5.48 Å². The van der Waals surface area contributed by atoms with Gasteiger partial charge in [-0.1, -0.05) is 0 Å². The number of quaternary nitrogens is 1. The van der Waals surface area contributed by atoms with Crippen LogP contribution >= 0.6 is 0 Å². The SMILES string of the molecule is O[NH2+]c1cnc2ncc(F)cc2c1. The summed E-state index contributed by atoms with van der Waals surface area (Å²) < 4.78 is 12.7. The molecular formula is C8H7FN3O+. The molecule has 0 atom stereocenters. The summed E-state index contributed by atoms with van der Waals surface area (Å²) in [5, 5.41) is 9.26. The van der Waals surface area contributed by atoms with Crippen LogP contribution in [-0.2, 0) is 0 Å². The summed E-state index contributed by atoms with van der Waals surface area (Å²) in [6.07, 6.45) is 2.57. The number of halogens is 1. The molecule has 0 aliphatic carbocycles. The number of rotatable bonds is 1. The van der Waals surface area contributed by atoms with Gasteiger partial charge < -0.3 is 0 Å². The minimum Gasteiger partial charge on any atom is -0.234 e. The zero-order chi connectivity index (χ0) is 9.26. The van der Waals surface area contributed by atoms with E-state index >= 15 is 0 Å². The number of nitrogens with zero attached hydrogens (tertiary/aromatic N) is 2. The fourth-order valence-corrected chi connectivity index (χ4v) is 1.08. The molecule has 2 heterocycles. The van der Waals surface area contributed by atoms with E-state index in [9.17, 15) is 4.39 Å². The lowest BCUT2D eigenvalue weighted by Crippen LogP contribution is -2.73. The molecule has 4 nitrogen and oxygen atoms in total. The van der Waals surface area contributed by atoms with Crippen LogP contribution in [0.4, 0.5) is 10.1 Å². The van der Waals surface area contributed by atoms with E-state index in [0.29, 0.717) is 16.7 Å². The second-order valence-corrected chi connectivity index (χ2v) is 2.60. The first-order valence-corrected chi connectivity index (χ1v) is 3.68. The van der Waals surface area contributed by atoms with Crippen LogP contribution in [0.1, 0.15) is 0 Å². The van der Waals surface area contributed by atoms with Crippen molar-refractivity contribution in [1.82, 2.24) is 9.97 Å². The van der Waals surface area contributed by atoms with Crippen LogP contribution in [0.25, 0.3) is 11.0 Å². The number of pyridine rings is 2. The normalized spacial score (nSPS) is 10.6. The van der Waals surface area contributed by atoms with E-state index in [1.165, 1.54) is 12.3 Å². The molecule has 0 bridgehead atoms. The summed E-state index contributed by atoms with van der Waals surface area (Å²) in [5.74, 6) is -0.413. The molecule has 0 aliphatic heterocycles. The molecule has 0 aliphatic rings. The molecule has 0 saturated carbocycles. The van der Waals surface area contributed by atoms with E-state index in [4.69, 9.17) is 5.21 Å². The Morgan fingerprint density at radius 3 is 2.77 bits per heavy atom. The van der Waals surface area contributed by atoms with Gasteiger partial charge in [-0.15, -0.1) is 0 Å². The Bertz CT molecular complexity index is 446. The summed E-state index contributed by atoms with van der Waals surface area (Å²) in [4.78, 5) is 7.70. The molecule has 3 N–H and O–H groups in total. The van der Waals surface area contributed by atoms with Gasteiger partial charge in [-0.25, -0.2) is 19.6 Å². The lowest BCUT2D eigenvalue weighted by molar-refractivity contribution is -0.825. The fourth-order valence-electron chi connectivity index (χ4n) is 1.08. The van der Waals surface area contributed by atoms with E-state index in [1.54, 1.807) is 6.07 Å². The van der Waals surface area contributed by atoms with Gasteiger partial charge in [-0.2, -0.15) is 5.48 Å². The molecule has 2 rings (SSSR count). The Balaban J connectivity index is 2.68. The first-order chi connectivity index (χ1) is 6.29. The van der Waals surface area contributed by atoms with Crippen molar-refractivity contribution >= 4 is 16.7 Å².